The largest absolute Gasteiger partial charge is 0.368 e. The molecule has 0 aliphatic rings. The zero-order valence-electron chi connectivity index (χ0n) is 7.12. The molecular formula is C10H11F2O. The first-order chi connectivity index (χ1) is 6.20. The van der Waals surface area contributed by atoms with E-state index in [0.717, 1.165) is 5.56 Å². The molecule has 0 aliphatic heterocycles. The molecule has 0 saturated heterocycles. The SMILES string of the molecule is [CH2]C(OCC(F)F)c1ccccc1. The Bertz CT molecular complexity index is 236. The van der Waals surface area contributed by atoms with Crippen LogP contribution in [-0.4, -0.2) is 13.0 Å². The second-order valence-electron chi connectivity index (χ2n) is 2.62. The summed E-state index contributed by atoms with van der Waals surface area (Å²) in [6, 6.07) is 9.08. The number of halogens is 2. The van der Waals surface area contributed by atoms with Crippen LogP contribution < -0.4 is 0 Å². The standard InChI is InChI=1S/C10H11F2O/c1-8(13-7-10(11)12)9-5-3-2-4-6-9/h2-6,8,10H,1,7H2. The molecule has 0 bridgehead atoms. The minimum atomic E-state index is -2.44. The summed E-state index contributed by atoms with van der Waals surface area (Å²) in [7, 11) is 0. The van der Waals surface area contributed by atoms with E-state index in [0.29, 0.717) is 0 Å². The summed E-state index contributed by atoms with van der Waals surface area (Å²) in [5.74, 6) is 0. The van der Waals surface area contributed by atoms with Crippen LogP contribution in [-0.2, 0) is 4.74 Å². The summed E-state index contributed by atoms with van der Waals surface area (Å²) >= 11 is 0. The molecule has 1 rings (SSSR count). The molecule has 0 fully saturated rings. The monoisotopic (exact) mass is 185 g/mol. The third-order valence-electron chi connectivity index (χ3n) is 1.59. The predicted molar refractivity (Wildman–Crippen MR) is 46.5 cm³/mol. The van der Waals surface area contributed by atoms with Gasteiger partial charge in [-0.25, -0.2) is 8.78 Å². The maximum Gasteiger partial charge on any atom is 0.261 e. The summed E-state index contributed by atoms with van der Waals surface area (Å²) < 4.78 is 28.3. The lowest BCUT2D eigenvalue weighted by atomic mass is 10.1. The third kappa shape index (κ3) is 3.51. The fourth-order valence-corrected chi connectivity index (χ4v) is 0.953. The molecule has 71 valence electrons. The Kier molecular flexibility index (Phi) is 3.83. The normalized spacial score (nSPS) is 13.2. The van der Waals surface area contributed by atoms with Crippen molar-refractivity contribution in [2.75, 3.05) is 6.61 Å². The Morgan fingerprint density at radius 3 is 2.38 bits per heavy atom. The van der Waals surface area contributed by atoms with E-state index >= 15 is 0 Å². The number of hydrogen-bond acceptors (Lipinski definition) is 1. The van der Waals surface area contributed by atoms with Crippen LogP contribution in [0.3, 0.4) is 0 Å². The van der Waals surface area contributed by atoms with E-state index in [1.165, 1.54) is 0 Å². The van der Waals surface area contributed by atoms with Gasteiger partial charge in [0.1, 0.15) is 6.61 Å². The van der Waals surface area contributed by atoms with Crippen molar-refractivity contribution in [3.05, 3.63) is 42.8 Å². The van der Waals surface area contributed by atoms with E-state index in [9.17, 15) is 8.78 Å². The van der Waals surface area contributed by atoms with Gasteiger partial charge in [0, 0.05) is 0 Å². The molecule has 0 heterocycles. The van der Waals surface area contributed by atoms with Crippen molar-refractivity contribution in [1.29, 1.82) is 0 Å². The highest BCUT2D eigenvalue weighted by Gasteiger charge is 2.08. The van der Waals surface area contributed by atoms with Gasteiger partial charge in [-0.2, -0.15) is 0 Å². The van der Waals surface area contributed by atoms with Gasteiger partial charge in [-0.15, -0.1) is 0 Å². The molecule has 0 amide bonds. The fourth-order valence-electron chi connectivity index (χ4n) is 0.953. The highest BCUT2D eigenvalue weighted by atomic mass is 19.3. The zero-order valence-corrected chi connectivity index (χ0v) is 7.12. The minimum absolute atomic E-state index is 0.518. The van der Waals surface area contributed by atoms with Crippen LogP contribution in [0.1, 0.15) is 11.7 Å². The molecule has 1 nitrogen and oxygen atoms in total. The first-order valence-electron chi connectivity index (χ1n) is 3.98. The van der Waals surface area contributed by atoms with E-state index in [1.54, 1.807) is 12.1 Å². The maximum absolute atomic E-state index is 11.8. The van der Waals surface area contributed by atoms with Gasteiger partial charge >= 0.3 is 0 Å². The zero-order chi connectivity index (χ0) is 9.68. The van der Waals surface area contributed by atoms with Crippen LogP contribution in [0.5, 0.6) is 0 Å². The fraction of sp³-hybridized carbons (Fsp3) is 0.300. The lowest BCUT2D eigenvalue weighted by Crippen LogP contribution is -2.08. The van der Waals surface area contributed by atoms with Gasteiger partial charge in [0.2, 0.25) is 0 Å². The molecule has 0 aliphatic carbocycles. The molecular weight excluding hydrogens is 174 g/mol. The molecule has 3 heteroatoms. The van der Waals surface area contributed by atoms with Gasteiger partial charge in [-0.3, -0.25) is 0 Å². The summed E-state index contributed by atoms with van der Waals surface area (Å²) in [5, 5.41) is 0. The minimum Gasteiger partial charge on any atom is -0.368 e. The smallest absolute Gasteiger partial charge is 0.261 e. The van der Waals surface area contributed by atoms with Gasteiger partial charge in [0.25, 0.3) is 6.43 Å². The van der Waals surface area contributed by atoms with Crippen molar-refractivity contribution in [3.63, 3.8) is 0 Å². The lowest BCUT2D eigenvalue weighted by Gasteiger charge is -2.12. The molecule has 0 aromatic heterocycles. The van der Waals surface area contributed by atoms with Gasteiger partial charge in [0.15, 0.2) is 0 Å². The van der Waals surface area contributed by atoms with Crippen molar-refractivity contribution in [2.45, 2.75) is 12.5 Å². The van der Waals surface area contributed by atoms with Crippen molar-refractivity contribution in [2.24, 2.45) is 0 Å². The van der Waals surface area contributed by atoms with Crippen LogP contribution in [0.4, 0.5) is 8.78 Å². The topological polar surface area (TPSA) is 9.23 Å². The summed E-state index contributed by atoms with van der Waals surface area (Å²) in [4.78, 5) is 0. The highest BCUT2D eigenvalue weighted by molar-refractivity contribution is 5.18. The van der Waals surface area contributed by atoms with Gasteiger partial charge < -0.3 is 4.74 Å². The van der Waals surface area contributed by atoms with Crippen LogP contribution in [0.15, 0.2) is 30.3 Å². The average Bonchev–Trinajstić information content (AvgIpc) is 2.15. The molecule has 1 radical (unpaired) electrons. The van der Waals surface area contributed by atoms with Crippen LogP contribution in [0.2, 0.25) is 0 Å². The Hall–Kier alpha value is -0.960. The molecule has 0 saturated carbocycles. The number of rotatable bonds is 4. The Morgan fingerprint density at radius 1 is 1.23 bits per heavy atom. The van der Waals surface area contributed by atoms with Crippen molar-refractivity contribution in [3.8, 4) is 0 Å². The van der Waals surface area contributed by atoms with Crippen LogP contribution in [0, 0.1) is 6.92 Å². The van der Waals surface area contributed by atoms with E-state index in [-0.39, 0.29) is 0 Å². The molecule has 1 unspecified atom stereocenters. The number of benzene rings is 1. The van der Waals surface area contributed by atoms with E-state index in [4.69, 9.17) is 4.74 Å². The summed E-state index contributed by atoms with van der Waals surface area (Å²) in [6.07, 6.45) is -2.96. The Balaban J connectivity index is 2.44. The second-order valence-corrected chi connectivity index (χ2v) is 2.62. The molecule has 13 heavy (non-hydrogen) atoms. The van der Waals surface area contributed by atoms with Crippen LogP contribution in [0.25, 0.3) is 0 Å². The molecule has 1 atom stereocenters. The Labute approximate surface area is 76.3 Å². The maximum atomic E-state index is 11.8. The molecule has 0 spiro atoms. The average molecular weight is 185 g/mol. The van der Waals surface area contributed by atoms with E-state index in [1.807, 2.05) is 18.2 Å². The highest BCUT2D eigenvalue weighted by Crippen LogP contribution is 2.15. The van der Waals surface area contributed by atoms with Crippen molar-refractivity contribution in [1.82, 2.24) is 0 Å². The Morgan fingerprint density at radius 2 is 1.85 bits per heavy atom. The van der Waals surface area contributed by atoms with Gasteiger partial charge in [-0.1, -0.05) is 30.3 Å². The van der Waals surface area contributed by atoms with Crippen molar-refractivity contribution < 1.29 is 13.5 Å². The molecule has 1 aromatic carbocycles. The van der Waals surface area contributed by atoms with E-state index in [2.05, 4.69) is 6.92 Å². The molecule has 1 aromatic rings. The number of alkyl halides is 2. The number of hydrogen-bond donors (Lipinski definition) is 0. The predicted octanol–water partition coefficient (Wildman–Crippen LogP) is 2.84. The third-order valence-corrected chi connectivity index (χ3v) is 1.59. The van der Waals surface area contributed by atoms with Crippen molar-refractivity contribution >= 4 is 0 Å². The number of ether oxygens (including phenoxy) is 1. The second kappa shape index (κ2) is 4.92. The van der Waals surface area contributed by atoms with Gasteiger partial charge in [0.05, 0.1) is 6.10 Å². The first-order valence-corrected chi connectivity index (χ1v) is 3.98. The quantitative estimate of drug-likeness (QED) is 0.700. The first kappa shape index (κ1) is 10.1. The summed E-state index contributed by atoms with van der Waals surface area (Å²) in [6.45, 7) is 3.06. The van der Waals surface area contributed by atoms with E-state index < -0.39 is 19.1 Å². The summed E-state index contributed by atoms with van der Waals surface area (Å²) in [5.41, 5.74) is 0.808. The molecule has 0 N–H and O–H groups in total. The van der Waals surface area contributed by atoms with Gasteiger partial charge in [-0.05, 0) is 12.5 Å². The van der Waals surface area contributed by atoms with Crippen LogP contribution >= 0.6 is 0 Å². The lowest BCUT2D eigenvalue weighted by molar-refractivity contribution is -0.00873.